The molecule has 0 spiro atoms. The minimum absolute atomic E-state index is 0.0228. The van der Waals surface area contributed by atoms with Crippen LogP contribution in [-0.4, -0.2) is 12.9 Å². The second-order valence-electron chi connectivity index (χ2n) is 7.80. The van der Waals surface area contributed by atoms with E-state index in [1.807, 2.05) is 66.7 Å². The number of hydrogen-bond donors (Lipinski definition) is 0. The summed E-state index contributed by atoms with van der Waals surface area (Å²) in [5, 5.41) is 0. The summed E-state index contributed by atoms with van der Waals surface area (Å²) in [6.07, 6.45) is 2.97. The Morgan fingerprint density at radius 3 is 2.00 bits per heavy atom. The summed E-state index contributed by atoms with van der Waals surface area (Å²) in [5.41, 5.74) is 2.76. The van der Waals surface area contributed by atoms with Crippen LogP contribution in [0.25, 0.3) is 6.08 Å². The maximum Gasteiger partial charge on any atom is 0.188 e. The van der Waals surface area contributed by atoms with Crippen LogP contribution in [0.2, 0.25) is 0 Å². The quantitative estimate of drug-likeness (QED) is 0.188. The van der Waals surface area contributed by atoms with Gasteiger partial charge in [0, 0.05) is 6.07 Å². The molecule has 4 nitrogen and oxygen atoms in total. The fraction of sp³-hybridized carbons (Fsp3) is 0.100. The van der Waals surface area contributed by atoms with Gasteiger partial charge in [-0.2, -0.15) is 0 Å². The van der Waals surface area contributed by atoms with Crippen LogP contribution in [0.3, 0.4) is 0 Å². The van der Waals surface area contributed by atoms with Crippen molar-refractivity contribution in [2.75, 3.05) is 7.11 Å². The zero-order valence-corrected chi connectivity index (χ0v) is 19.3. The van der Waals surface area contributed by atoms with E-state index in [2.05, 4.69) is 0 Å². The molecule has 5 heteroatoms. The Hall–Kier alpha value is -4.38. The van der Waals surface area contributed by atoms with Crippen LogP contribution in [0.1, 0.15) is 27.0 Å². The molecule has 0 saturated carbocycles. The highest BCUT2D eigenvalue weighted by atomic mass is 19.1. The van der Waals surface area contributed by atoms with Gasteiger partial charge < -0.3 is 14.2 Å². The number of rotatable bonds is 10. The Morgan fingerprint density at radius 2 is 1.40 bits per heavy atom. The summed E-state index contributed by atoms with van der Waals surface area (Å²) in [7, 11) is 1.45. The number of carbonyl (C=O) groups is 1. The summed E-state index contributed by atoms with van der Waals surface area (Å²) in [6, 6.07) is 29.3. The number of methoxy groups -OCH3 is 1. The molecule has 0 saturated heterocycles. The van der Waals surface area contributed by atoms with Gasteiger partial charge in [0.2, 0.25) is 0 Å². The molecule has 0 atom stereocenters. The number of benzene rings is 4. The van der Waals surface area contributed by atoms with E-state index in [-0.39, 0.29) is 5.56 Å². The lowest BCUT2D eigenvalue weighted by Gasteiger charge is -2.14. The minimum Gasteiger partial charge on any atom is -0.497 e. The molecule has 4 aromatic carbocycles. The predicted molar refractivity (Wildman–Crippen MR) is 134 cm³/mol. The van der Waals surface area contributed by atoms with Crippen molar-refractivity contribution in [1.29, 1.82) is 0 Å². The van der Waals surface area contributed by atoms with Crippen LogP contribution >= 0.6 is 0 Å². The van der Waals surface area contributed by atoms with Gasteiger partial charge >= 0.3 is 0 Å². The lowest BCUT2D eigenvalue weighted by molar-refractivity contribution is 0.104. The highest BCUT2D eigenvalue weighted by Crippen LogP contribution is 2.31. The number of hydrogen-bond acceptors (Lipinski definition) is 4. The number of ketones is 1. The molecule has 0 aromatic heterocycles. The van der Waals surface area contributed by atoms with Crippen LogP contribution < -0.4 is 14.2 Å². The van der Waals surface area contributed by atoms with E-state index in [0.29, 0.717) is 30.5 Å². The Morgan fingerprint density at radius 1 is 0.771 bits per heavy atom. The largest absolute Gasteiger partial charge is 0.497 e. The molecule has 0 amide bonds. The van der Waals surface area contributed by atoms with Gasteiger partial charge in [-0.05, 0) is 47.0 Å². The van der Waals surface area contributed by atoms with Crippen molar-refractivity contribution in [2.24, 2.45) is 0 Å². The first-order valence-corrected chi connectivity index (χ1v) is 11.2. The average molecular weight is 469 g/mol. The first-order valence-electron chi connectivity index (χ1n) is 11.2. The van der Waals surface area contributed by atoms with Crippen LogP contribution in [0.15, 0.2) is 103 Å². The van der Waals surface area contributed by atoms with Crippen molar-refractivity contribution in [3.05, 3.63) is 131 Å². The molecule has 4 rings (SSSR count). The SMILES string of the molecule is COc1ccc(C(=O)C=Cc2ccc(OCc3ccccc3)c(OCc3ccccc3)c2)c(F)c1. The summed E-state index contributed by atoms with van der Waals surface area (Å²) >= 11 is 0. The minimum atomic E-state index is -0.629. The van der Waals surface area contributed by atoms with Crippen molar-refractivity contribution in [1.82, 2.24) is 0 Å². The van der Waals surface area contributed by atoms with Crippen LogP contribution in [0, 0.1) is 5.82 Å². The van der Waals surface area contributed by atoms with Gasteiger partial charge in [-0.1, -0.05) is 72.8 Å². The monoisotopic (exact) mass is 468 g/mol. The van der Waals surface area contributed by atoms with Gasteiger partial charge in [-0.3, -0.25) is 4.79 Å². The second kappa shape index (κ2) is 11.7. The summed E-state index contributed by atoms with van der Waals surface area (Å²) in [6.45, 7) is 0.763. The molecule has 35 heavy (non-hydrogen) atoms. The van der Waals surface area contributed by atoms with Gasteiger partial charge in [-0.25, -0.2) is 4.39 Å². The van der Waals surface area contributed by atoms with Crippen molar-refractivity contribution in [3.8, 4) is 17.2 Å². The molecule has 0 unspecified atom stereocenters. The molecular weight excluding hydrogens is 443 g/mol. The topological polar surface area (TPSA) is 44.8 Å². The average Bonchev–Trinajstić information content (AvgIpc) is 2.91. The second-order valence-corrected chi connectivity index (χ2v) is 7.80. The van der Waals surface area contributed by atoms with Gasteiger partial charge in [0.25, 0.3) is 0 Å². The third-order valence-corrected chi connectivity index (χ3v) is 5.31. The van der Waals surface area contributed by atoms with Crippen molar-refractivity contribution in [2.45, 2.75) is 13.2 Å². The van der Waals surface area contributed by atoms with Crippen molar-refractivity contribution in [3.63, 3.8) is 0 Å². The third-order valence-electron chi connectivity index (χ3n) is 5.31. The molecule has 0 fully saturated rings. The zero-order chi connectivity index (χ0) is 24.5. The van der Waals surface area contributed by atoms with Crippen LogP contribution in [-0.2, 0) is 13.2 Å². The Kier molecular flexibility index (Phi) is 7.92. The number of carbonyl (C=O) groups excluding carboxylic acids is 1. The molecule has 0 radical (unpaired) electrons. The predicted octanol–water partition coefficient (Wildman–Crippen LogP) is 6.89. The summed E-state index contributed by atoms with van der Waals surface area (Å²) in [4.78, 5) is 12.5. The molecule has 0 heterocycles. The molecule has 0 N–H and O–H groups in total. The zero-order valence-electron chi connectivity index (χ0n) is 19.3. The van der Waals surface area contributed by atoms with Crippen LogP contribution in [0.4, 0.5) is 4.39 Å². The molecule has 0 aliphatic carbocycles. The lowest BCUT2D eigenvalue weighted by Crippen LogP contribution is -2.01. The van der Waals surface area contributed by atoms with E-state index < -0.39 is 11.6 Å². The van der Waals surface area contributed by atoms with Gasteiger partial charge in [-0.15, -0.1) is 0 Å². The number of allylic oxidation sites excluding steroid dienone is 1. The van der Waals surface area contributed by atoms with Crippen molar-refractivity contribution >= 4 is 11.9 Å². The normalized spacial score (nSPS) is 10.8. The summed E-state index contributed by atoms with van der Waals surface area (Å²) in [5.74, 6) is 0.427. The Labute approximate surface area is 204 Å². The molecule has 4 aromatic rings. The van der Waals surface area contributed by atoms with E-state index in [0.717, 1.165) is 16.7 Å². The maximum atomic E-state index is 14.2. The number of ether oxygens (including phenoxy) is 3. The standard InChI is InChI=1S/C30H25FO4/c1-33-25-14-15-26(27(31)19-25)28(32)16-12-22-13-17-29(34-20-23-8-4-2-5-9-23)30(18-22)35-21-24-10-6-3-7-11-24/h2-19H,20-21H2,1H3. The number of halogens is 1. The molecular formula is C30H25FO4. The third kappa shape index (κ3) is 6.58. The van der Waals surface area contributed by atoms with E-state index in [1.54, 1.807) is 24.3 Å². The Bertz CT molecular complexity index is 1300. The first-order chi connectivity index (χ1) is 17.1. The van der Waals surface area contributed by atoms with Crippen molar-refractivity contribution < 1.29 is 23.4 Å². The van der Waals surface area contributed by atoms with Gasteiger partial charge in [0.1, 0.15) is 24.8 Å². The van der Waals surface area contributed by atoms with E-state index in [4.69, 9.17) is 14.2 Å². The molecule has 0 aliphatic heterocycles. The van der Waals surface area contributed by atoms with E-state index in [1.165, 1.54) is 25.3 Å². The highest BCUT2D eigenvalue weighted by molar-refractivity contribution is 6.07. The lowest BCUT2D eigenvalue weighted by atomic mass is 10.1. The summed E-state index contributed by atoms with van der Waals surface area (Å²) < 4.78 is 31.3. The Balaban J connectivity index is 1.53. The first kappa shape index (κ1) is 23.8. The van der Waals surface area contributed by atoms with Gasteiger partial charge in [0.05, 0.1) is 12.7 Å². The fourth-order valence-electron chi connectivity index (χ4n) is 3.42. The fourth-order valence-corrected chi connectivity index (χ4v) is 3.42. The smallest absolute Gasteiger partial charge is 0.188 e. The van der Waals surface area contributed by atoms with Crippen LogP contribution in [0.5, 0.6) is 17.2 Å². The van der Waals surface area contributed by atoms with E-state index in [9.17, 15) is 9.18 Å². The highest BCUT2D eigenvalue weighted by Gasteiger charge is 2.11. The van der Waals surface area contributed by atoms with Gasteiger partial charge in [0.15, 0.2) is 17.3 Å². The van der Waals surface area contributed by atoms with E-state index >= 15 is 0 Å². The molecule has 0 bridgehead atoms. The molecule has 0 aliphatic rings. The maximum absolute atomic E-state index is 14.2. The molecule has 176 valence electrons.